The molecule has 0 saturated carbocycles. The summed E-state index contributed by atoms with van der Waals surface area (Å²) in [7, 11) is 1.64. The van der Waals surface area contributed by atoms with Crippen LogP contribution < -0.4 is 10.1 Å². The number of nitrogens with one attached hydrogen (secondary N) is 1. The van der Waals surface area contributed by atoms with Gasteiger partial charge in [0.2, 0.25) is 5.88 Å². The largest absolute Gasteiger partial charge is 0.477 e. The molecule has 0 atom stereocenters. The van der Waals surface area contributed by atoms with Gasteiger partial charge in [-0.1, -0.05) is 6.92 Å². The highest BCUT2D eigenvalue weighted by Gasteiger charge is 2.07. The van der Waals surface area contributed by atoms with Crippen LogP contribution in [0, 0.1) is 5.82 Å². The molecule has 6 heteroatoms. The van der Waals surface area contributed by atoms with Crippen LogP contribution in [-0.2, 0) is 16.0 Å². The molecule has 0 unspecified atom stereocenters. The molecule has 0 bridgehead atoms. The molecule has 21 heavy (non-hydrogen) atoms. The zero-order valence-corrected chi connectivity index (χ0v) is 12.9. The van der Waals surface area contributed by atoms with E-state index in [1.807, 2.05) is 0 Å². The van der Waals surface area contributed by atoms with Crippen molar-refractivity contribution in [2.24, 2.45) is 0 Å². The second-order valence-electron chi connectivity index (χ2n) is 4.60. The number of methoxy groups -OCH3 is 1. The molecule has 0 fully saturated rings. The smallest absolute Gasteiger partial charge is 0.218 e. The van der Waals surface area contributed by atoms with Crippen LogP contribution in [0.2, 0.25) is 0 Å². The standard InChI is InChI=1S/C15H25FN2O3/c1-3-5-17-11-13-10-14(16)12-18-15(13)21-7-4-6-20-9-8-19-2/h10,12,17H,3-9,11H2,1-2H3. The van der Waals surface area contributed by atoms with E-state index in [0.29, 0.717) is 38.9 Å². The molecule has 0 aliphatic rings. The maximum absolute atomic E-state index is 13.2. The van der Waals surface area contributed by atoms with E-state index in [9.17, 15) is 4.39 Å². The number of ether oxygens (including phenoxy) is 3. The van der Waals surface area contributed by atoms with Gasteiger partial charge in [-0.15, -0.1) is 0 Å². The zero-order valence-electron chi connectivity index (χ0n) is 12.9. The first-order valence-electron chi connectivity index (χ1n) is 7.32. The highest BCUT2D eigenvalue weighted by molar-refractivity contribution is 5.26. The highest BCUT2D eigenvalue weighted by atomic mass is 19.1. The third kappa shape index (κ3) is 7.94. The summed E-state index contributed by atoms with van der Waals surface area (Å²) in [6.45, 7) is 5.78. The van der Waals surface area contributed by atoms with Crippen molar-refractivity contribution in [3.8, 4) is 5.88 Å². The van der Waals surface area contributed by atoms with Gasteiger partial charge in [0, 0.05) is 32.2 Å². The maximum Gasteiger partial charge on any atom is 0.218 e. The maximum atomic E-state index is 13.2. The van der Waals surface area contributed by atoms with E-state index in [-0.39, 0.29) is 5.82 Å². The summed E-state index contributed by atoms with van der Waals surface area (Å²) < 4.78 is 29.1. The molecule has 0 amide bonds. The lowest BCUT2D eigenvalue weighted by atomic mass is 10.2. The highest BCUT2D eigenvalue weighted by Crippen LogP contribution is 2.16. The summed E-state index contributed by atoms with van der Waals surface area (Å²) in [5, 5.41) is 3.22. The van der Waals surface area contributed by atoms with Crippen LogP contribution in [-0.4, -0.2) is 45.1 Å². The zero-order chi connectivity index (χ0) is 15.3. The van der Waals surface area contributed by atoms with Crippen molar-refractivity contribution >= 4 is 0 Å². The lowest BCUT2D eigenvalue weighted by molar-refractivity contribution is 0.0641. The molecule has 0 aliphatic heterocycles. The van der Waals surface area contributed by atoms with Gasteiger partial charge in [-0.25, -0.2) is 9.37 Å². The van der Waals surface area contributed by atoms with E-state index in [2.05, 4.69) is 17.2 Å². The van der Waals surface area contributed by atoms with Crippen molar-refractivity contribution in [3.63, 3.8) is 0 Å². The Labute approximate surface area is 125 Å². The first kappa shape index (κ1) is 17.8. The number of nitrogens with zero attached hydrogens (tertiary/aromatic N) is 1. The predicted octanol–water partition coefficient (Wildman–Crippen LogP) is 2.15. The number of aromatic nitrogens is 1. The first-order valence-corrected chi connectivity index (χ1v) is 7.32. The molecule has 120 valence electrons. The lowest BCUT2D eigenvalue weighted by Gasteiger charge is -2.11. The van der Waals surface area contributed by atoms with E-state index < -0.39 is 0 Å². The molecule has 0 radical (unpaired) electrons. The van der Waals surface area contributed by atoms with Crippen molar-refractivity contribution in [3.05, 3.63) is 23.6 Å². The normalized spacial score (nSPS) is 10.8. The van der Waals surface area contributed by atoms with Gasteiger partial charge < -0.3 is 19.5 Å². The molecule has 0 spiro atoms. The van der Waals surface area contributed by atoms with Crippen molar-refractivity contribution < 1.29 is 18.6 Å². The van der Waals surface area contributed by atoms with Gasteiger partial charge >= 0.3 is 0 Å². The van der Waals surface area contributed by atoms with E-state index in [1.54, 1.807) is 7.11 Å². The average Bonchev–Trinajstić information content (AvgIpc) is 2.48. The number of hydrogen-bond donors (Lipinski definition) is 1. The molecule has 5 nitrogen and oxygen atoms in total. The Morgan fingerprint density at radius 2 is 2.10 bits per heavy atom. The quantitative estimate of drug-likeness (QED) is 0.599. The molecule has 0 aliphatic carbocycles. The molecule has 0 saturated heterocycles. The van der Waals surface area contributed by atoms with E-state index in [1.165, 1.54) is 12.3 Å². The molecular weight excluding hydrogens is 275 g/mol. The van der Waals surface area contributed by atoms with E-state index in [0.717, 1.165) is 24.9 Å². The van der Waals surface area contributed by atoms with Crippen molar-refractivity contribution in [2.45, 2.75) is 26.3 Å². The fourth-order valence-corrected chi connectivity index (χ4v) is 1.70. The van der Waals surface area contributed by atoms with Gasteiger partial charge in [-0.05, 0) is 19.0 Å². The SMILES string of the molecule is CCCNCc1cc(F)cnc1OCCCOCCOC. The summed E-state index contributed by atoms with van der Waals surface area (Å²) in [5.41, 5.74) is 0.740. The van der Waals surface area contributed by atoms with Gasteiger partial charge in [-0.2, -0.15) is 0 Å². The predicted molar refractivity (Wildman–Crippen MR) is 79.0 cm³/mol. The molecule has 0 aromatic carbocycles. The van der Waals surface area contributed by atoms with Crippen LogP contribution in [0.5, 0.6) is 5.88 Å². The Kier molecular flexibility index (Phi) is 9.69. The summed E-state index contributed by atoms with van der Waals surface area (Å²) in [4.78, 5) is 4.01. The molecule has 1 heterocycles. The van der Waals surface area contributed by atoms with Gasteiger partial charge in [0.1, 0.15) is 5.82 Å². The van der Waals surface area contributed by atoms with Crippen molar-refractivity contribution in [2.75, 3.05) is 40.1 Å². The minimum absolute atomic E-state index is 0.349. The number of pyridine rings is 1. The second-order valence-corrected chi connectivity index (χ2v) is 4.60. The Morgan fingerprint density at radius 3 is 2.86 bits per heavy atom. The van der Waals surface area contributed by atoms with Crippen LogP contribution in [0.3, 0.4) is 0 Å². The van der Waals surface area contributed by atoms with Crippen LogP contribution in [0.4, 0.5) is 4.39 Å². The summed E-state index contributed by atoms with van der Waals surface area (Å²) in [6, 6.07) is 1.46. The van der Waals surface area contributed by atoms with Crippen LogP contribution >= 0.6 is 0 Å². The third-order valence-corrected chi connectivity index (χ3v) is 2.74. The van der Waals surface area contributed by atoms with Gasteiger partial charge in [0.15, 0.2) is 0 Å². The minimum Gasteiger partial charge on any atom is -0.477 e. The summed E-state index contributed by atoms with van der Waals surface area (Å²) in [6.07, 6.45) is 2.95. The molecule has 1 aromatic rings. The fraction of sp³-hybridized carbons (Fsp3) is 0.667. The van der Waals surface area contributed by atoms with Gasteiger partial charge in [0.05, 0.1) is 26.0 Å². The van der Waals surface area contributed by atoms with Crippen molar-refractivity contribution in [1.82, 2.24) is 10.3 Å². The molecular formula is C15H25FN2O3. The number of halogens is 1. The summed E-state index contributed by atoms with van der Waals surface area (Å²) in [5.74, 6) is 0.135. The van der Waals surface area contributed by atoms with Crippen LogP contribution in [0.1, 0.15) is 25.3 Å². The van der Waals surface area contributed by atoms with Crippen LogP contribution in [0.15, 0.2) is 12.3 Å². The fourth-order valence-electron chi connectivity index (χ4n) is 1.70. The van der Waals surface area contributed by atoms with Gasteiger partial charge in [-0.3, -0.25) is 0 Å². The first-order chi connectivity index (χ1) is 10.3. The topological polar surface area (TPSA) is 52.6 Å². The lowest BCUT2D eigenvalue weighted by Crippen LogP contribution is -2.16. The van der Waals surface area contributed by atoms with Crippen molar-refractivity contribution in [1.29, 1.82) is 0 Å². The molecule has 1 N–H and O–H groups in total. The monoisotopic (exact) mass is 300 g/mol. The summed E-state index contributed by atoms with van der Waals surface area (Å²) >= 11 is 0. The number of hydrogen-bond acceptors (Lipinski definition) is 5. The minimum atomic E-state index is -0.349. The second kappa shape index (κ2) is 11.4. The van der Waals surface area contributed by atoms with Gasteiger partial charge in [0.25, 0.3) is 0 Å². The molecule has 1 aromatic heterocycles. The van der Waals surface area contributed by atoms with E-state index in [4.69, 9.17) is 14.2 Å². The Bertz CT molecular complexity index is 391. The average molecular weight is 300 g/mol. The van der Waals surface area contributed by atoms with Crippen LogP contribution in [0.25, 0.3) is 0 Å². The molecule has 1 rings (SSSR count). The Hall–Kier alpha value is -1.24. The Balaban J connectivity index is 2.32. The number of rotatable bonds is 12. The third-order valence-electron chi connectivity index (χ3n) is 2.74. The van der Waals surface area contributed by atoms with E-state index >= 15 is 0 Å². The Morgan fingerprint density at radius 1 is 1.24 bits per heavy atom.